The molecular weight excluding hydrogens is 540 g/mol. The first-order chi connectivity index (χ1) is 18.5. The van der Waals surface area contributed by atoms with Gasteiger partial charge in [-0.3, -0.25) is 0 Å². The van der Waals surface area contributed by atoms with Crippen molar-refractivity contribution in [3.8, 4) is 11.6 Å². The van der Waals surface area contributed by atoms with Crippen molar-refractivity contribution in [3.05, 3.63) is 53.8 Å². The number of aromatic hydroxyl groups is 1. The van der Waals surface area contributed by atoms with Crippen LogP contribution in [0.5, 0.6) is 11.6 Å². The van der Waals surface area contributed by atoms with Gasteiger partial charge in [-0.05, 0) is 52.0 Å². The molecule has 1 aliphatic heterocycles. The molecule has 0 atom stereocenters. The molecular formula is C27H31ClN6O4S. The fourth-order valence-corrected chi connectivity index (χ4v) is 5.62. The number of anilines is 4. The topological polar surface area (TPSA) is 130 Å². The minimum atomic E-state index is -3.55. The Bertz CT molecular complexity index is 1630. The van der Waals surface area contributed by atoms with Gasteiger partial charge >= 0.3 is 0 Å². The fraction of sp³-hybridized carbons (Fsp3) is 0.333. The van der Waals surface area contributed by atoms with Gasteiger partial charge in [-0.25, -0.2) is 13.4 Å². The average Bonchev–Trinajstić information content (AvgIpc) is 3.14. The largest absolute Gasteiger partial charge is 0.494 e. The van der Waals surface area contributed by atoms with E-state index in [-0.39, 0.29) is 39.7 Å². The molecule has 2 aromatic carbocycles. The molecule has 4 aromatic rings. The van der Waals surface area contributed by atoms with Gasteiger partial charge in [0.2, 0.25) is 5.95 Å². The molecule has 4 N–H and O–H groups in total. The number of benzene rings is 2. The van der Waals surface area contributed by atoms with Gasteiger partial charge in [-0.2, -0.15) is 4.98 Å². The second kappa shape index (κ2) is 10.6. The van der Waals surface area contributed by atoms with E-state index in [0.29, 0.717) is 22.5 Å². The van der Waals surface area contributed by atoms with E-state index in [0.717, 1.165) is 18.5 Å². The quantitative estimate of drug-likeness (QED) is 0.209. The minimum Gasteiger partial charge on any atom is -0.494 e. The summed E-state index contributed by atoms with van der Waals surface area (Å²) in [4.78, 5) is 8.98. The maximum atomic E-state index is 12.9. The number of hydrogen-bond acceptors (Lipinski definition) is 9. The molecule has 0 radical (unpaired) electrons. The highest BCUT2D eigenvalue weighted by molar-refractivity contribution is 7.92. The third-order valence-corrected chi connectivity index (χ3v) is 8.98. The van der Waals surface area contributed by atoms with Gasteiger partial charge < -0.3 is 30.4 Å². The van der Waals surface area contributed by atoms with Crippen LogP contribution >= 0.6 is 11.6 Å². The number of ether oxygens (including phenoxy) is 1. The molecule has 0 aliphatic carbocycles. The Morgan fingerprint density at radius 1 is 1.13 bits per heavy atom. The number of nitrogens with zero attached hydrogens (tertiary/aromatic N) is 3. The van der Waals surface area contributed by atoms with Crippen LogP contribution in [0.3, 0.4) is 0 Å². The SMILES string of the molecule is CC(C)Oc1cc2cn(C3CNC3)c(O)c2cc1Nc1ncc(Cl)c(Nc2ccccc2S(=O)(=O)C(C)C)n1. The van der Waals surface area contributed by atoms with Crippen molar-refractivity contribution in [3.63, 3.8) is 0 Å². The summed E-state index contributed by atoms with van der Waals surface area (Å²) in [6.07, 6.45) is 3.26. The molecule has 0 bridgehead atoms. The average molecular weight is 571 g/mol. The molecule has 1 saturated heterocycles. The predicted molar refractivity (Wildman–Crippen MR) is 154 cm³/mol. The highest BCUT2D eigenvalue weighted by Crippen LogP contribution is 2.39. The molecule has 0 unspecified atom stereocenters. The van der Waals surface area contributed by atoms with E-state index in [4.69, 9.17) is 16.3 Å². The number of aromatic nitrogens is 3. The summed E-state index contributed by atoms with van der Waals surface area (Å²) >= 11 is 6.40. The number of para-hydroxylation sites is 1. The lowest BCUT2D eigenvalue weighted by atomic mass is 10.2. The van der Waals surface area contributed by atoms with Gasteiger partial charge in [0.05, 0.1) is 39.9 Å². The number of rotatable bonds is 9. The molecule has 39 heavy (non-hydrogen) atoms. The zero-order chi connectivity index (χ0) is 27.9. The summed E-state index contributed by atoms with van der Waals surface area (Å²) in [5.74, 6) is 1.20. The molecule has 12 heteroatoms. The van der Waals surface area contributed by atoms with Crippen molar-refractivity contribution in [2.45, 2.75) is 50.0 Å². The highest BCUT2D eigenvalue weighted by atomic mass is 35.5. The summed E-state index contributed by atoms with van der Waals surface area (Å²) in [7, 11) is -3.55. The van der Waals surface area contributed by atoms with Crippen LogP contribution in [-0.2, 0) is 9.84 Å². The van der Waals surface area contributed by atoms with Crippen molar-refractivity contribution in [2.24, 2.45) is 0 Å². The van der Waals surface area contributed by atoms with E-state index >= 15 is 0 Å². The first-order valence-corrected chi connectivity index (χ1v) is 14.6. The second-order valence-corrected chi connectivity index (χ2v) is 12.9. The Hall–Kier alpha value is -3.54. The van der Waals surface area contributed by atoms with Crippen molar-refractivity contribution >= 4 is 55.4 Å². The zero-order valence-corrected chi connectivity index (χ0v) is 23.6. The first-order valence-electron chi connectivity index (χ1n) is 12.7. The zero-order valence-electron chi connectivity index (χ0n) is 22.1. The van der Waals surface area contributed by atoms with E-state index in [1.54, 1.807) is 44.2 Å². The second-order valence-electron chi connectivity index (χ2n) is 10.0. The Morgan fingerprint density at radius 3 is 2.54 bits per heavy atom. The maximum absolute atomic E-state index is 12.9. The first kappa shape index (κ1) is 27.0. The smallest absolute Gasteiger partial charge is 0.229 e. The molecule has 206 valence electrons. The van der Waals surface area contributed by atoms with Crippen molar-refractivity contribution in [2.75, 3.05) is 23.7 Å². The van der Waals surface area contributed by atoms with Crippen molar-refractivity contribution < 1.29 is 18.3 Å². The van der Waals surface area contributed by atoms with Gasteiger partial charge in [0.15, 0.2) is 21.5 Å². The summed E-state index contributed by atoms with van der Waals surface area (Å²) in [6, 6.07) is 10.5. The van der Waals surface area contributed by atoms with Crippen LogP contribution < -0.4 is 20.7 Å². The molecule has 0 saturated carbocycles. The van der Waals surface area contributed by atoms with Gasteiger partial charge in [-0.1, -0.05) is 23.7 Å². The molecule has 5 rings (SSSR count). The van der Waals surface area contributed by atoms with Crippen LogP contribution in [0.25, 0.3) is 10.8 Å². The summed E-state index contributed by atoms with van der Waals surface area (Å²) < 4.78 is 33.8. The molecule has 1 aliphatic rings. The van der Waals surface area contributed by atoms with Gasteiger partial charge in [0.1, 0.15) is 10.8 Å². The van der Waals surface area contributed by atoms with Gasteiger partial charge in [0, 0.05) is 30.1 Å². The van der Waals surface area contributed by atoms with Gasteiger partial charge in [-0.15, -0.1) is 0 Å². The van der Waals surface area contributed by atoms with Crippen LogP contribution in [0.1, 0.15) is 33.7 Å². The van der Waals surface area contributed by atoms with Crippen LogP contribution in [0.15, 0.2) is 53.7 Å². The predicted octanol–water partition coefficient (Wildman–Crippen LogP) is 5.39. The number of halogens is 1. The number of hydrogen-bond donors (Lipinski definition) is 4. The van der Waals surface area contributed by atoms with Crippen LogP contribution in [-0.4, -0.2) is 52.5 Å². The van der Waals surface area contributed by atoms with E-state index in [2.05, 4.69) is 25.9 Å². The van der Waals surface area contributed by atoms with Crippen LogP contribution in [0.4, 0.5) is 23.1 Å². The lowest BCUT2D eigenvalue weighted by Gasteiger charge is -2.28. The third kappa shape index (κ3) is 5.34. The van der Waals surface area contributed by atoms with E-state index in [1.165, 1.54) is 6.20 Å². The van der Waals surface area contributed by atoms with E-state index in [1.807, 2.05) is 30.7 Å². The van der Waals surface area contributed by atoms with Crippen molar-refractivity contribution in [1.82, 2.24) is 19.9 Å². The lowest BCUT2D eigenvalue weighted by molar-refractivity contribution is 0.244. The Morgan fingerprint density at radius 2 is 1.87 bits per heavy atom. The lowest BCUT2D eigenvalue weighted by Crippen LogP contribution is -2.42. The molecule has 3 heterocycles. The van der Waals surface area contributed by atoms with E-state index in [9.17, 15) is 13.5 Å². The normalized spacial score (nSPS) is 14.1. The molecule has 10 nitrogen and oxygen atoms in total. The minimum absolute atomic E-state index is 0.0997. The van der Waals surface area contributed by atoms with E-state index < -0.39 is 15.1 Å². The Labute approximate surface area is 232 Å². The maximum Gasteiger partial charge on any atom is 0.229 e. The standard InChI is InChI=1S/C27H31ClN6O4S/c1-15(2)38-23-9-17-14-34(18-11-29-12-18)26(35)19(17)10-22(23)32-27-30-13-20(28)25(33-27)31-21-7-5-6-8-24(21)39(36,37)16(3)4/h5-10,13-16,18,29,35H,11-12H2,1-4H3,(H2,30,31,32,33). The van der Waals surface area contributed by atoms with Crippen LogP contribution in [0, 0.1) is 0 Å². The Kier molecular flexibility index (Phi) is 7.32. The third-order valence-electron chi connectivity index (χ3n) is 6.49. The summed E-state index contributed by atoms with van der Waals surface area (Å²) in [5, 5.41) is 21.5. The number of sulfone groups is 1. The fourth-order valence-electron chi connectivity index (χ4n) is 4.28. The Balaban J connectivity index is 1.51. The summed E-state index contributed by atoms with van der Waals surface area (Å²) in [5.41, 5.74) is 0.923. The highest BCUT2D eigenvalue weighted by Gasteiger charge is 2.25. The summed E-state index contributed by atoms with van der Waals surface area (Å²) in [6.45, 7) is 8.72. The molecule has 2 aromatic heterocycles. The van der Waals surface area contributed by atoms with Crippen LogP contribution in [0.2, 0.25) is 5.02 Å². The van der Waals surface area contributed by atoms with Gasteiger partial charge in [0.25, 0.3) is 0 Å². The number of fused-ring (bicyclic) bond motifs is 1. The monoisotopic (exact) mass is 570 g/mol. The molecule has 1 fully saturated rings. The molecule has 0 amide bonds. The molecule has 0 spiro atoms. The van der Waals surface area contributed by atoms with Crippen molar-refractivity contribution in [1.29, 1.82) is 0 Å². The number of nitrogens with one attached hydrogen (secondary N) is 3.